The summed E-state index contributed by atoms with van der Waals surface area (Å²) < 4.78 is 0. The van der Waals surface area contributed by atoms with Crippen LogP contribution in [-0.2, 0) is 0 Å². The van der Waals surface area contributed by atoms with E-state index in [1.165, 1.54) is 15.6 Å². The van der Waals surface area contributed by atoms with Crippen LogP contribution in [0.25, 0.3) is 0 Å². The molecule has 9 heteroatoms. The van der Waals surface area contributed by atoms with Gasteiger partial charge in [0, 0.05) is 26.2 Å². The van der Waals surface area contributed by atoms with Crippen molar-refractivity contribution in [3.8, 4) is 0 Å². The summed E-state index contributed by atoms with van der Waals surface area (Å²) in [4.78, 5) is 6.79. The molecule has 0 aromatic heterocycles. The first kappa shape index (κ1) is 25.1. The van der Waals surface area contributed by atoms with Gasteiger partial charge in [-0.3, -0.25) is 0 Å². The predicted molar refractivity (Wildman–Crippen MR) is 89.5 cm³/mol. The van der Waals surface area contributed by atoms with Gasteiger partial charge in [0.05, 0.1) is 0 Å². The molecule has 110 valence electrons. The molecule has 0 aromatic carbocycles. The normalized spacial score (nSPS) is 10.3. The Bertz CT molecular complexity index is 139. The first-order chi connectivity index (χ1) is 8.25. The molecule has 0 atom stereocenters. The van der Waals surface area contributed by atoms with Crippen LogP contribution in [0.3, 0.4) is 0 Å². The maximum atomic E-state index is 4.97. The molecule has 0 rings (SSSR count). The Kier molecular flexibility index (Phi) is 26.7. The fraction of sp³-hybridized carbons (Fsp3) is 1.00. The van der Waals surface area contributed by atoms with Crippen LogP contribution in [0, 0.1) is 0 Å². The number of halogens is 4. The van der Waals surface area contributed by atoms with Gasteiger partial charge in [0.15, 0.2) is 0 Å². The zero-order valence-corrected chi connectivity index (χ0v) is 18.9. The summed E-state index contributed by atoms with van der Waals surface area (Å²) in [6, 6.07) is 0. The number of hydrogen-bond donors (Lipinski definition) is 0. The van der Waals surface area contributed by atoms with Crippen molar-refractivity contribution >= 4 is 67.2 Å². The van der Waals surface area contributed by atoms with Crippen molar-refractivity contribution in [2.45, 2.75) is 0 Å². The maximum absolute atomic E-state index is 4.97. The first-order valence-electron chi connectivity index (χ1n) is 5.26. The topological polar surface area (TPSA) is 9.72 Å². The van der Waals surface area contributed by atoms with Crippen molar-refractivity contribution in [1.29, 1.82) is 0 Å². The van der Waals surface area contributed by atoms with Crippen molar-refractivity contribution in [2.24, 2.45) is 0 Å². The summed E-state index contributed by atoms with van der Waals surface area (Å²) in [7, 11) is 30.2. The van der Waals surface area contributed by atoms with E-state index in [4.69, 9.17) is 30.0 Å². The second-order valence-electron chi connectivity index (χ2n) is 4.12. The summed E-state index contributed by atoms with van der Waals surface area (Å²) in [5, 5.41) is 0. The van der Waals surface area contributed by atoms with E-state index in [1.807, 2.05) is 0 Å². The minimum atomic E-state index is -1.92. The van der Waals surface area contributed by atoms with Gasteiger partial charge in [-0.25, -0.2) is 0 Å². The van der Waals surface area contributed by atoms with Gasteiger partial charge in [-0.15, -0.1) is 0 Å². The number of nitrogens with zero attached hydrogens (tertiary/aromatic N) is 3. The molecule has 0 saturated carbocycles. The van der Waals surface area contributed by atoms with Gasteiger partial charge in [-0.05, 0) is 35.2 Å². The van der Waals surface area contributed by atoms with Crippen LogP contribution in [-0.4, -0.2) is 103 Å². The summed E-state index contributed by atoms with van der Waals surface area (Å²) in [5.74, 6) is 0. The van der Waals surface area contributed by atoms with Crippen molar-refractivity contribution in [3.05, 3.63) is 0 Å². The van der Waals surface area contributed by atoms with Crippen LogP contribution in [0.5, 0.6) is 0 Å². The van der Waals surface area contributed by atoms with Crippen LogP contribution >= 0.6 is 40.0 Å². The Morgan fingerprint density at radius 3 is 1.11 bits per heavy atom. The fourth-order valence-corrected chi connectivity index (χ4v) is 0.853. The van der Waals surface area contributed by atoms with Crippen molar-refractivity contribution in [2.75, 3.05) is 61.4 Å². The molecule has 18 heavy (non-hydrogen) atoms. The summed E-state index contributed by atoms with van der Waals surface area (Å²) in [5.41, 5.74) is 0. The molecule has 0 heterocycles. The van der Waals surface area contributed by atoms with E-state index in [1.54, 1.807) is 0 Å². The van der Waals surface area contributed by atoms with Crippen LogP contribution in [0.15, 0.2) is 0 Å². The van der Waals surface area contributed by atoms with Gasteiger partial charge in [-0.2, -0.15) is 0 Å². The van der Waals surface area contributed by atoms with E-state index in [9.17, 15) is 0 Å². The molecule has 0 aliphatic carbocycles. The molecular weight excluding hydrogens is 437 g/mol. The summed E-state index contributed by atoms with van der Waals surface area (Å²) in [6.07, 6.45) is 0. The Morgan fingerprint density at radius 2 is 0.944 bits per heavy atom. The van der Waals surface area contributed by atoms with E-state index in [0.717, 1.165) is 26.2 Å². The third-order valence-corrected chi connectivity index (χ3v) is 1.86. The average molecular weight is 460 g/mol. The quantitative estimate of drug-likeness (QED) is 0.562. The van der Waals surface area contributed by atoms with Crippen molar-refractivity contribution in [1.82, 2.24) is 14.7 Å². The van der Waals surface area contributed by atoms with Gasteiger partial charge in [0.1, 0.15) is 0 Å². The van der Waals surface area contributed by atoms with E-state index in [-0.39, 0.29) is 0 Å². The van der Waals surface area contributed by atoms with E-state index in [0.29, 0.717) is 0 Å². The van der Waals surface area contributed by atoms with Crippen LogP contribution in [0.4, 0.5) is 0 Å². The molecule has 0 aromatic rings. The molecule has 0 unspecified atom stereocenters. The molecule has 0 aliphatic heterocycles. The molecule has 0 fully saturated rings. The Hall–Kier alpha value is 2.13. The van der Waals surface area contributed by atoms with Gasteiger partial charge in [0.2, 0.25) is 0 Å². The Morgan fingerprint density at radius 1 is 0.722 bits per heavy atom. The molecule has 4 radical (unpaired) electrons. The number of hydrogen-bond acceptors (Lipinski definition) is 3. The molecule has 0 saturated heterocycles. The second-order valence-corrected chi connectivity index (χ2v) is 13.9. The molecule has 0 aliphatic rings. The van der Waals surface area contributed by atoms with E-state index < -0.39 is 11.6 Å². The van der Waals surface area contributed by atoms with Crippen molar-refractivity contribution in [3.63, 3.8) is 0 Å². The van der Waals surface area contributed by atoms with Gasteiger partial charge in [-0.1, -0.05) is 0 Å². The second kappa shape index (κ2) is 19.1. The van der Waals surface area contributed by atoms with Gasteiger partial charge >= 0.3 is 67.2 Å². The van der Waals surface area contributed by atoms with Crippen LogP contribution < -0.4 is 0 Å². The third-order valence-electron chi connectivity index (χ3n) is 1.86. The summed E-state index contributed by atoms with van der Waals surface area (Å²) in [6.45, 7) is 4.59. The molecule has 0 spiro atoms. The SMILES string of the molecule is CN(C)CCN(C)CCN(C)C.[Cl][Ge].[Cl][Ge]([Cl])[Cl]. The predicted octanol–water partition coefficient (Wildman–Crippen LogP) is 2.04. The van der Waals surface area contributed by atoms with Gasteiger partial charge in [0.25, 0.3) is 0 Å². The minimum absolute atomic E-state index is 1.14. The van der Waals surface area contributed by atoms with Crippen molar-refractivity contribution < 1.29 is 0 Å². The third kappa shape index (κ3) is 36.2. The van der Waals surface area contributed by atoms with Gasteiger partial charge < -0.3 is 14.7 Å². The Labute approximate surface area is 142 Å². The van der Waals surface area contributed by atoms with E-state index in [2.05, 4.69) is 59.9 Å². The zero-order valence-electron chi connectivity index (χ0n) is 11.7. The van der Waals surface area contributed by atoms with Crippen LogP contribution in [0.1, 0.15) is 0 Å². The number of likely N-dealkylation sites (N-methyl/N-ethyl adjacent to an activating group) is 3. The number of rotatable bonds is 6. The standard InChI is InChI=1S/C9H23N3.Cl3Ge.ClGe/c1-10(2)6-8-12(5)9-7-11(3)4;1-4(2)3;1-2/h6-9H2,1-5H3;;. The average Bonchev–Trinajstić information content (AvgIpc) is 2.25. The molecular formula is C9H23Cl4Ge2N3. The molecule has 0 N–H and O–H groups in total. The van der Waals surface area contributed by atoms with E-state index >= 15 is 0 Å². The first-order valence-corrected chi connectivity index (χ1v) is 16.3. The molecule has 0 amide bonds. The zero-order chi connectivity index (χ0) is 15.1. The fourth-order valence-electron chi connectivity index (χ4n) is 0.853. The van der Waals surface area contributed by atoms with Crippen LogP contribution in [0.2, 0.25) is 0 Å². The summed E-state index contributed by atoms with van der Waals surface area (Å²) >= 11 is -0.444. The molecule has 0 bridgehead atoms. The molecule has 3 nitrogen and oxygen atoms in total. The monoisotopic (exact) mass is 461 g/mol. The Balaban J connectivity index is -0.000000317.